The number of pyridine rings is 1. The first kappa shape index (κ1) is 42.5. The normalized spacial score (nSPS) is 20.7. The average molecular weight is 801 g/mol. The molecule has 2 saturated heterocycles. The molecule has 2 N–H and O–H groups in total. The molecule has 0 radical (unpaired) electrons. The van der Waals surface area contributed by atoms with Gasteiger partial charge in [0, 0.05) is 22.7 Å². The smallest absolute Gasteiger partial charge is 0.430 e. The van der Waals surface area contributed by atoms with E-state index in [0.717, 1.165) is 11.1 Å². The fourth-order valence-corrected chi connectivity index (χ4v) is 7.46. The Bertz CT molecular complexity index is 1920. The Morgan fingerprint density at radius 2 is 1.41 bits per heavy atom. The van der Waals surface area contributed by atoms with Crippen LogP contribution in [-0.2, 0) is 28.1 Å². The zero-order chi connectivity index (χ0) is 41.3. The number of carbonyl (C=O) groups excluding carboxylic acids is 4. The molecule has 300 valence electrons. The average Bonchev–Trinajstić information content (AvgIpc) is 3.42. The van der Waals surface area contributed by atoms with Crippen LogP contribution in [0, 0.1) is 5.41 Å². The van der Waals surface area contributed by atoms with Gasteiger partial charge in [-0.15, -0.1) is 0 Å². The molecule has 3 atom stereocenters. The van der Waals surface area contributed by atoms with Gasteiger partial charge in [0.15, 0.2) is 6.10 Å². The van der Waals surface area contributed by atoms with Gasteiger partial charge in [-0.05, 0) is 72.0 Å². The van der Waals surface area contributed by atoms with E-state index in [-0.39, 0.29) is 22.6 Å². The zero-order valence-electron chi connectivity index (χ0n) is 34.4. The number of rotatable bonds is 12. The SMILES string of the molecule is CC(C)(C)[Si](C)(C)ONC(=O)OC[C@]1(C)CC2/C(=C\c3cc(C(=O)NO[Si](C)(C)C(C)(C)C)ccn3)C(=O)N2[C@H]1C(=O)OC(c1ccccc1)c1ccccc1. The van der Waals surface area contributed by atoms with Gasteiger partial charge in [0.1, 0.15) is 12.6 Å². The van der Waals surface area contributed by atoms with Gasteiger partial charge in [-0.3, -0.25) is 14.6 Å². The van der Waals surface area contributed by atoms with Crippen molar-refractivity contribution in [2.75, 3.05) is 6.61 Å². The molecule has 0 bridgehead atoms. The minimum absolute atomic E-state index is 0.109. The maximum absolute atomic E-state index is 14.5. The molecule has 2 aliphatic rings. The van der Waals surface area contributed by atoms with Crippen LogP contribution in [0.5, 0.6) is 0 Å². The fraction of sp³-hybridized carbons (Fsp3) is 0.452. The van der Waals surface area contributed by atoms with Gasteiger partial charge in [-0.25, -0.2) is 20.5 Å². The van der Waals surface area contributed by atoms with Crippen LogP contribution in [0.1, 0.15) is 88.2 Å². The lowest BCUT2D eigenvalue weighted by Crippen LogP contribution is -2.58. The number of hydrogen-bond donors (Lipinski definition) is 2. The number of fused-ring (bicyclic) bond motifs is 1. The van der Waals surface area contributed by atoms with Gasteiger partial charge in [-0.2, -0.15) is 0 Å². The van der Waals surface area contributed by atoms with Crippen molar-refractivity contribution < 1.29 is 37.7 Å². The van der Waals surface area contributed by atoms with Crippen molar-refractivity contribution in [3.63, 3.8) is 0 Å². The molecular formula is C42H56N4O8Si2. The van der Waals surface area contributed by atoms with Gasteiger partial charge >= 0.3 is 12.1 Å². The number of aromatic nitrogens is 1. The zero-order valence-corrected chi connectivity index (χ0v) is 36.4. The first-order valence-corrected chi connectivity index (χ1v) is 24.8. The van der Waals surface area contributed by atoms with Crippen LogP contribution in [0.2, 0.25) is 36.3 Å². The van der Waals surface area contributed by atoms with Crippen LogP contribution < -0.4 is 11.0 Å². The maximum Gasteiger partial charge on any atom is 0.430 e. The third kappa shape index (κ3) is 9.15. The summed E-state index contributed by atoms with van der Waals surface area (Å²) >= 11 is 0. The summed E-state index contributed by atoms with van der Waals surface area (Å²) in [5.74, 6) is -1.42. The summed E-state index contributed by atoms with van der Waals surface area (Å²) in [5, 5.41) is -0.269. The highest BCUT2D eigenvalue weighted by atomic mass is 28.4. The third-order valence-electron chi connectivity index (χ3n) is 11.7. The first-order chi connectivity index (χ1) is 26.0. The summed E-state index contributed by atoms with van der Waals surface area (Å²) < 4.78 is 23.8. The van der Waals surface area contributed by atoms with E-state index in [4.69, 9.17) is 18.5 Å². The quantitative estimate of drug-likeness (QED) is 0.0610. The molecule has 2 aromatic carbocycles. The van der Waals surface area contributed by atoms with Gasteiger partial charge in [0.25, 0.3) is 11.8 Å². The number of hydroxylamine groups is 2. The van der Waals surface area contributed by atoms with Crippen LogP contribution in [0.3, 0.4) is 0 Å². The van der Waals surface area contributed by atoms with Gasteiger partial charge < -0.3 is 23.4 Å². The Morgan fingerprint density at radius 1 is 0.875 bits per heavy atom. The van der Waals surface area contributed by atoms with E-state index in [2.05, 4.69) is 57.5 Å². The summed E-state index contributed by atoms with van der Waals surface area (Å²) in [6, 6.07) is 20.4. The highest BCUT2D eigenvalue weighted by Gasteiger charge is 2.63. The number of carbonyl (C=O) groups is 4. The lowest BCUT2D eigenvalue weighted by atomic mass is 9.81. The van der Waals surface area contributed by atoms with E-state index >= 15 is 0 Å². The molecule has 3 heterocycles. The minimum atomic E-state index is -2.34. The topological polar surface area (TPSA) is 145 Å². The number of esters is 1. The van der Waals surface area contributed by atoms with Crippen LogP contribution in [0.4, 0.5) is 4.79 Å². The molecule has 0 spiro atoms. The second-order valence-corrected chi connectivity index (χ2v) is 27.5. The van der Waals surface area contributed by atoms with Crippen LogP contribution >= 0.6 is 0 Å². The van der Waals surface area contributed by atoms with Crippen molar-refractivity contribution in [2.45, 2.75) is 109 Å². The highest BCUT2D eigenvalue weighted by Crippen LogP contribution is 2.51. The van der Waals surface area contributed by atoms with E-state index in [9.17, 15) is 19.2 Å². The number of amides is 3. The second-order valence-electron chi connectivity index (χ2n) is 18.0. The molecule has 1 aromatic heterocycles. The molecule has 3 amide bonds. The molecule has 14 heteroatoms. The summed E-state index contributed by atoms with van der Waals surface area (Å²) in [5.41, 5.74) is 6.69. The second kappa shape index (κ2) is 16.1. The van der Waals surface area contributed by atoms with Crippen molar-refractivity contribution >= 4 is 46.6 Å². The molecule has 3 aromatic rings. The Balaban J connectivity index is 1.41. The number of benzene rings is 2. The van der Waals surface area contributed by atoms with Crippen LogP contribution in [0.25, 0.3) is 6.08 Å². The molecule has 0 aliphatic carbocycles. The van der Waals surface area contributed by atoms with Crippen molar-refractivity contribution in [1.82, 2.24) is 20.8 Å². The molecule has 2 aliphatic heterocycles. The summed E-state index contributed by atoms with van der Waals surface area (Å²) in [6.07, 6.45) is 1.89. The Hall–Kier alpha value is -4.64. The Kier molecular flexibility index (Phi) is 12.2. The van der Waals surface area contributed by atoms with Crippen molar-refractivity contribution in [1.29, 1.82) is 0 Å². The molecule has 0 saturated carbocycles. The van der Waals surface area contributed by atoms with E-state index in [0.29, 0.717) is 23.3 Å². The number of nitrogens with zero attached hydrogens (tertiary/aromatic N) is 2. The Labute approximate surface area is 332 Å². The summed E-state index contributed by atoms with van der Waals surface area (Å²) in [7, 11) is -4.61. The monoisotopic (exact) mass is 800 g/mol. The van der Waals surface area contributed by atoms with Crippen LogP contribution in [-0.4, -0.2) is 69.1 Å². The van der Waals surface area contributed by atoms with Crippen LogP contribution in [0.15, 0.2) is 84.6 Å². The lowest BCUT2D eigenvalue weighted by molar-refractivity contribution is -0.163. The van der Waals surface area contributed by atoms with E-state index < -0.39 is 58.2 Å². The lowest BCUT2D eigenvalue weighted by Gasteiger charge is -2.41. The molecular weight excluding hydrogens is 745 g/mol. The number of hydrogen-bond acceptors (Lipinski definition) is 9. The van der Waals surface area contributed by atoms with Crippen molar-refractivity contribution in [3.05, 3.63) is 107 Å². The number of ether oxygens (including phenoxy) is 2. The maximum atomic E-state index is 14.5. The van der Waals surface area contributed by atoms with Gasteiger partial charge in [0.2, 0.25) is 16.6 Å². The molecule has 5 rings (SSSR count). The van der Waals surface area contributed by atoms with Gasteiger partial charge in [0.05, 0.1) is 11.7 Å². The Morgan fingerprint density at radius 3 is 1.95 bits per heavy atom. The fourth-order valence-electron chi connectivity index (χ4n) is 6.17. The molecule has 1 unspecified atom stereocenters. The first-order valence-electron chi connectivity index (χ1n) is 18.9. The van der Waals surface area contributed by atoms with Crippen molar-refractivity contribution in [2.24, 2.45) is 5.41 Å². The molecule has 56 heavy (non-hydrogen) atoms. The molecule has 12 nitrogen and oxygen atoms in total. The summed E-state index contributed by atoms with van der Waals surface area (Å²) in [4.78, 5) is 60.6. The predicted octanol–water partition coefficient (Wildman–Crippen LogP) is 8.12. The minimum Gasteiger partial charge on any atom is -0.451 e. The highest BCUT2D eigenvalue weighted by molar-refractivity contribution is 6.74. The van der Waals surface area contributed by atoms with E-state index in [1.165, 1.54) is 11.1 Å². The molecule has 2 fully saturated rings. The number of β-lactam (4-membered cyclic amide) rings is 1. The summed E-state index contributed by atoms with van der Waals surface area (Å²) in [6.45, 7) is 22.1. The standard InChI is InChI=1S/C42H56N4O8Si2/c1-40(2,3)55(8,9)53-44-36(47)30-22-23-43-31(24-30)25-32-33-26-42(7,27-51-39(50)45-54-56(10,11)41(4,5)6)35(46(33)37(32)48)38(49)52-34(28-18-14-12-15-19-28)29-20-16-13-17-21-29/h12-25,33-35H,26-27H2,1-11H3,(H,44,47)(H,45,50)/b32-25+/t33?,35-,42-/m0/s1. The van der Waals surface area contributed by atoms with E-state index in [1.807, 2.05) is 93.8 Å². The predicted molar refractivity (Wildman–Crippen MR) is 219 cm³/mol. The number of nitrogens with one attached hydrogen (secondary N) is 2. The van der Waals surface area contributed by atoms with Crippen molar-refractivity contribution in [3.8, 4) is 0 Å². The largest absolute Gasteiger partial charge is 0.451 e. The van der Waals surface area contributed by atoms with E-state index in [1.54, 1.807) is 18.2 Å². The van der Waals surface area contributed by atoms with Gasteiger partial charge in [-0.1, -0.05) is 109 Å². The third-order valence-corrected chi connectivity index (χ3v) is 20.2.